The van der Waals surface area contributed by atoms with Crippen LogP contribution in [-0.4, -0.2) is 15.6 Å². The number of benzene rings is 2. The van der Waals surface area contributed by atoms with Crippen LogP contribution in [0.1, 0.15) is 5.56 Å². The van der Waals surface area contributed by atoms with Crippen molar-refractivity contribution in [2.45, 2.75) is 13.0 Å². The van der Waals surface area contributed by atoms with Gasteiger partial charge >= 0.3 is 0 Å². The van der Waals surface area contributed by atoms with Gasteiger partial charge in [0.2, 0.25) is 0 Å². The Hall–Kier alpha value is -2.42. The molecular formula is C16H14N2O. The zero-order valence-corrected chi connectivity index (χ0v) is 10.5. The Morgan fingerprint density at radius 3 is 2.58 bits per heavy atom. The molecule has 0 radical (unpaired) electrons. The largest absolute Gasteiger partial charge is 0.297 e. The number of aromatic nitrogens is 2. The van der Waals surface area contributed by atoms with Crippen molar-refractivity contribution in [3.63, 3.8) is 0 Å². The first-order chi connectivity index (χ1) is 9.33. The van der Waals surface area contributed by atoms with Gasteiger partial charge in [0, 0.05) is 11.8 Å². The van der Waals surface area contributed by atoms with Crippen LogP contribution in [-0.2, 0) is 17.8 Å². The molecule has 0 N–H and O–H groups in total. The Bertz CT molecular complexity index is 701. The van der Waals surface area contributed by atoms with Gasteiger partial charge in [-0.1, -0.05) is 48.5 Å². The third-order valence-electron chi connectivity index (χ3n) is 3.12. The number of nitrogens with zero attached hydrogens (tertiary/aromatic N) is 2. The molecule has 0 fully saturated rings. The van der Waals surface area contributed by atoms with Crippen LogP contribution >= 0.6 is 0 Å². The molecule has 0 aliphatic heterocycles. The van der Waals surface area contributed by atoms with Crippen molar-refractivity contribution in [2.75, 3.05) is 0 Å². The number of rotatable bonds is 4. The summed E-state index contributed by atoms with van der Waals surface area (Å²) < 4.78 is 1.76. The fourth-order valence-corrected chi connectivity index (χ4v) is 2.20. The third-order valence-corrected chi connectivity index (χ3v) is 3.12. The molecule has 0 amide bonds. The zero-order chi connectivity index (χ0) is 13.1. The van der Waals surface area contributed by atoms with Crippen molar-refractivity contribution in [1.82, 2.24) is 9.78 Å². The molecule has 0 atom stereocenters. The van der Waals surface area contributed by atoms with Gasteiger partial charge < -0.3 is 0 Å². The number of fused-ring (bicyclic) bond motifs is 1. The minimum Gasteiger partial charge on any atom is -0.297 e. The zero-order valence-electron chi connectivity index (χ0n) is 10.5. The maximum absolute atomic E-state index is 12.1. The quantitative estimate of drug-likeness (QED) is 0.713. The van der Waals surface area contributed by atoms with E-state index in [9.17, 15) is 4.79 Å². The Morgan fingerprint density at radius 1 is 1.00 bits per heavy atom. The van der Waals surface area contributed by atoms with Crippen molar-refractivity contribution in [2.24, 2.45) is 0 Å². The number of carbonyl (C=O) groups is 1. The normalized spacial score (nSPS) is 10.7. The van der Waals surface area contributed by atoms with Crippen LogP contribution in [0.25, 0.3) is 10.9 Å². The van der Waals surface area contributed by atoms with E-state index in [2.05, 4.69) is 5.10 Å². The Labute approximate surface area is 111 Å². The molecule has 1 heterocycles. The monoisotopic (exact) mass is 250 g/mol. The first-order valence-electron chi connectivity index (χ1n) is 6.29. The predicted octanol–water partition coefficient (Wildman–Crippen LogP) is 2.85. The SMILES string of the molecule is O=C(Cc1ccccc1)Cn1ncc2ccccc21. The van der Waals surface area contributed by atoms with E-state index in [0.29, 0.717) is 13.0 Å². The van der Waals surface area contributed by atoms with Crippen LogP contribution in [0, 0.1) is 0 Å². The average Bonchev–Trinajstić information content (AvgIpc) is 2.83. The molecule has 0 aliphatic carbocycles. The maximum Gasteiger partial charge on any atom is 0.158 e. The standard InChI is InChI=1S/C16H14N2O/c19-15(10-13-6-2-1-3-7-13)12-18-16-9-5-4-8-14(16)11-17-18/h1-9,11H,10,12H2. The van der Waals surface area contributed by atoms with E-state index in [4.69, 9.17) is 0 Å². The number of Topliss-reactive ketones (excluding diaryl/α,β-unsaturated/α-hetero) is 1. The van der Waals surface area contributed by atoms with Crippen LogP contribution in [0.2, 0.25) is 0 Å². The Morgan fingerprint density at radius 2 is 1.74 bits per heavy atom. The minimum atomic E-state index is 0.167. The van der Waals surface area contributed by atoms with Crippen LogP contribution < -0.4 is 0 Å². The molecule has 0 unspecified atom stereocenters. The van der Waals surface area contributed by atoms with Gasteiger partial charge in [-0.15, -0.1) is 0 Å². The second kappa shape index (κ2) is 5.06. The lowest BCUT2D eigenvalue weighted by Crippen LogP contribution is -2.13. The van der Waals surface area contributed by atoms with Gasteiger partial charge in [0.25, 0.3) is 0 Å². The van der Waals surface area contributed by atoms with Crippen LogP contribution in [0.3, 0.4) is 0 Å². The molecule has 3 nitrogen and oxygen atoms in total. The molecule has 2 aromatic carbocycles. The van der Waals surface area contributed by atoms with Gasteiger partial charge in [0.05, 0.1) is 11.7 Å². The number of hydrogen-bond donors (Lipinski definition) is 0. The molecule has 94 valence electrons. The van der Waals surface area contributed by atoms with E-state index >= 15 is 0 Å². The van der Waals surface area contributed by atoms with Gasteiger partial charge in [0.15, 0.2) is 5.78 Å². The van der Waals surface area contributed by atoms with E-state index in [0.717, 1.165) is 16.5 Å². The summed E-state index contributed by atoms with van der Waals surface area (Å²) in [5.74, 6) is 0.167. The van der Waals surface area contributed by atoms with Crippen molar-refractivity contribution >= 4 is 16.7 Å². The van der Waals surface area contributed by atoms with E-state index in [1.165, 1.54) is 0 Å². The van der Waals surface area contributed by atoms with E-state index in [1.54, 1.807) is 10.9 Å². The molecule has 3 aromatic rings. The topological polar surface area (TPSA) is 34.9 Å². The van der Waals surface area contributed by atoms with Crippen LogP contribution in [0.15, 0.2) is 60.8 Å². The van der Waals surface area contributed by atoms with Gasteiger partial charge in [-0.25, -0.2) is 0 Å². The number of ketones is 1. The smallest absolute Gasteiger partial charge is 0.158 e. The molecule has 1 aromatic heterocycles. The Kier molecular flexibility index (Phi) is 3.11. The lowest BCUT2D eigenvalue weighted by atomic mass is 10.1. The second-order valence-corrected chi connectivity index (χ2v) is 4.56. The van der Waals surface area contributed by atoms with E-state index in [-0.39, 0.29) is 5.78 Å². The summed E-state index contributed by atoms with van der Waals surface area (Å²) >= 11 is 0. The minimum absolute atomic E-state index is 0.167. The highest BCUT2D eigenvalue weighted by Gasteiger charge is 2.08. The highest BCUT2D eigenvalue weighted by molar-refractivity contribution is 5.84. The fourth-order valence-electron chi connectivity index (χ4n) is 2.20. The number of carbonyl (C=O) groups excluding carboxylic acids is 1. The molecule has 0 bridgehead atoms. The molecular weight excluding hydrogens is 236 g/mol. The van der Waals surface area contributed by atoms with Crippen LogP contribution in [0.5, 0.6) is 0 Å². The van der Waals surface area contributed by atoms with Crippen molar-refractivity contribution in [1.29, 1.82) is 0 Å². The van der Waals surface area contributed by atoms with E-state index < -0.39 is 0 Å². The van der Waals surface area contributed by atoms with Crippen molar-refractivity contribution in [3.05, 3.63) is 66.4 Å². The summed E-state index contributed by atoms with van der Waals surface area (Å²) in [6.45, 7) is 0.322. The lowest BCUT2D eigenvalue weighted by Gasteiger charge is -2.03. The molecule has 0 saturated heterocycles. The summed E-state index contributed by atoms with van der Waals surface area (Å²) in [6.07, 6.45) is 2.25. The fraction of sp³-hybridized carbons (Fsp3) is 0.125. The average molecular weight is 250 g/mol. The van der Waals surface area contributed by atoms with Crippen LogP contribution in [0.4, 0.5) is 0 Å². The second-order valence-electron chi connectivity index (χ2n) is 4.56. The van der Waals surface area contributed by atoms with Gasteiger partial charge in [-0.3, -0.25) is 9.48 Å². The summed E-state index contributed by atoms with van der Waals surface area (Å²) in [6, 6.07) is 17.7. The molecule has 19 heavy (non-hydrogen) atoms. The molecule has 0 aliphatic rings. The maximum atomic E-state index is 12.1. The van der Waals surface area contributed by atoms with Crippen molar-refractivity contribution in [3.8, 4) is 0 Å². The third kappa shape index (κ3) is 2.55. The number of para-hydroxylation sites is 1. The predicted molar refractivity (Wildman–Crippen MR) is 74.9 cm³/mol. The summed E-state index contributed by atoms with van der Waals surface area (Å²) in [7, 11) is 0. The van der Waals surface area contributed by atoms with E-state index in [1.807, 2.05) is 54.6 Å². The molecule has 3 rings (SSSR count). The van der Waals surface area contributed by atoms with Gasteiger partial charge in [0.1, 0.15) is 6.54 Å². The lowest BCUT2D eigenvalue weighted by molar-refractivity contribution is -0.119. The highest BCUT2D eigenvalue weighted by Crippen LogP contribution is 2.12. The summed E-state index contributed by atoms with van der Waals surface area (Å²) in [5, 5.41) is 5.34. The summed E-state index contributed by atoms with van der Waals surface area (Å²) in [4.78, 5) is 12.1. The molecule has 0 saturated carbocycles. The Balaban J connectivity index is 1.76. The summed E-state index contributed by atoms with van der Waals surface area (Å²) in [5.41, 5.74) is 2.05. The molecule has 3 heteroatoms. The number of hydrogen-bond acceptors (Lipinski definition) is 2. The molecule has 0 spiro atoms. The highest BCUT2D eigenvalue weighted by atomic mass is 16.1. The van der Waals surface area contributed by atoms with Gasteiger partial charge in [-0.2, -0.15) is 5.10 Å². The van der Waals surface area contributed by atoms with Gasteiger partial charge in [-0.05, 0) is 11.6 Å². The van der Waals surface area contributed by atoms with Crippen molar-refractivity contribution < 1.29 is 4.79 Å². The first-order valence-corrected chi connectivity index (χ1v) is 6.29. The first kappa shape index (κ1) is 11.7.